The van der Waals surface area contributed by atoms with Crippen LogP contribution in [0.3, 0.4) is 0 Å². The van der Waals surface area contributed by atoms with Gasteiger partial charge in [0.2, 0.25) is 11.8 Å². The fraction of sp³-hybridized carbons (Fsp3) is 0.375. The van der Waals surface area contributed by atoms with E-state index in [1.165, 1.54) is 0 Å². The van der Waals surface area contributed by atoms with E-state index < -0.39 is 0 Å². The average Bonchev–Trinajstić information content (AvgIpc) is 2.82. The lowest BCUT2D eigenvalue weighted by atomic mass is 10.2. The SMILES string of the molecule is Cc1cccc(NC(=O)N2CCN(C(=O)CCC(=O)N3CCOc4ccccc43)CC2)c1. The minimum Gasteiger partial charge on any atom is -0.490 e. The Kier molecular flexibility index (Phi) is 6.58. The lowest BCUT2D eigenvalue weighted by Gasteiger charge is -2.35. The molecule has 0 saturated carbocycles. The molecule has 1 N–H and O–H groups in total. The molecule has 2 aliphatic heterocycles. The van der Waals surface area contributed by atoms with Crippen LogP contribution in [0.1, 0.15) is 18.4 Å². The van der Waals surface area contributed by atoms with Crippen LogP contribution in [0.5, 0.6) is 5.75 Å². The average molecular weight is 437 g/mol. The van der Waals surface area contributed by atoms with Crippen LogP contribution in [0, 0.1) is 6.92 Å². The summed E-state index contributed by atoms with van der Waals surface area (Å²) in [5, 5.41) is 2.90. The summed E-state index contributed by atoms with van der Waals surface area (Å²) < 4.78 is 5.59. The van der Waals surface area contributed by atoms with Crippen molar-refractivity contribution < 1.29 is 19.1 Å². The molecule has 8 nitrogen and oxygen atoms in total. The number of carbonyl (C=O) groups excluding carboxylic acids is 3. The molecule has 0 unspecified atom stereocenters. The van der Waals surface area contributed by atoms with Gasteiger partial charge in [-0.25, -0.2) is 4.79 Å². The zero-order chi connectivity index (χ0) is 22.5. The van der Waals surface area contributed by atoms with Gasteiger partial charge in [-0.05, 0) is 36.8 Å². The Labute approximate surface area is 187 Å². The second kappa shape index (κ2) is 9.72. The van der Waals surface area contributed by atoms with Crippen LogP contribution in [0.15, 0.2) is 48.5 Å². The van der Waals surface area contributed by atoms with Crippen LogP contribution in [0.25, 0.3) is 0 Å². The van der Waals surface area contributed by atoms with Crippen molar-refractivity contribution in [1.29, 1.82) is 0 Å². The number of carbonyl (C=O) groups is 3. The number of benzene rings is 2. The van der Waals surface area contributed by atoms with Crippen LogP contribution < -0.4 is 15.0 Å². The Balaban J connectivity index is 1.24. The zero-order valence-electron chi connectivity index (χ0n) is 18.3. The van der Waals surface area contributed by atoms with Crippen LogP contribution in [0.2, 0.25) is 0 Å². The van der Waals surface area contributed by atoms with Crippen molar-refractivity contribution in [2.45, 2.75) is 19.8 Å². The molecule has 168 valence electrons. The van der Waals surface area contributed by atoms with E-state index in [-0.39, 0.29) is 30.7 Å². The highest BCUT2D eigenvalue weighted by atomic mass is 16.5. The fourth-order valence-corrected chi connectivity index (χ4v) is 4.02. The Morgan fingerprint density at radius 1 is 0.875 bits per heavy atom. The summed E-state index contributed by atoms with van der Waals surface area (Å²) in [5.41, 5.74) is 2.59. The minimum atomic E-state index is -0.163. The van der Waals surface area contributed by atoms with Crippen molar-refractivity contribution in [3.63, 3.8) is 0 Å². The molecule has 4 rings (SSSR count). The monoisotopic (exact) mass is 436 g/mol. The molecule has 2 aromatic rings. The van der Waals surface area contributed by atoms with Crippen LogP contribution >= 0.6 is 0 Å². The normalized spacial score (nSPS) is 15.6. The molecule has 4 amide bonds. The molecule has 8 heteroatoms. The highest BCUT2D eigenvalue weighted by Crippen LogP contribution is 2.31. The molecule has 2 aromatic carbocycles. The summed E-state index contributed by atoms with van der Waals surface area (Å²) in [5.74, 6) is 0.558. The summed E-state index contributed by atoms with van der Waals surface area (Å²) in [6.07, 6.45) is 0.315. The van der Waals surface area contributed by atoms with E-state index in [9.17, 15) is 14.4 Å². The second-order valence-electron chi connectivity index (χ2n) is 8.03. The quantitative estimate of drug-likeness (QED) is 0.799. The third-order valence-electron chi connectivity index (χ3n) is 5.77. The molecule has 0 spiro atoms. The number of anilines is 2. The number of nitrogens with one attached hydrogen (secondary N) is 1. The third-order valence-corrected chi connectivity index (χ3v) is 5.77. The van der Waals surface area contributed by atoms with Crippen molar-refractivity contribution in [3.8, 4) is 5.75 Å². The van der Waals surface area contributed by atoms with Gasteiger partial charge < -0.3 is 24.8 Å². The number of ether oxygens (including phenoxy) is 1. The minimum absolute atomic E-state index is 0.0568. The second-order valence-corrected chi connectivity index (χ2v) is 8.03. The number of fused-ring (bicyclic) bond motifs is 1. The number of piperazine rings is 1. The van der Waals surface area contributed by atoms with Gasteiger partial charge in [0.1, 0.15) is 12.4 Å². The Morgan fingerprint density at radius 2 is 1.59 bits per heavy atom. The van der Waals surface area contributed by atoms with Gasteiger partial charge in [0.05, 0.1) is 12.2 Å². The van der Waals surface area contributed by atoms with Gasteiger partial charge in [0, 0.05) is 44.7 Å². The first-order valence-corrected chi connectivity index (χ1v) is 10.9. The molecular formula is C24H28N4O4. The summed E-state index contributed by atoms with van der Waals surface area (Å²) >= 11 is 0. The van der Waals surface area contributed by atoms with Crippen molar-refractivity contribution in [2.24, 2.45) is 0 Å². The maximum atomic E-state index is 12.7. The summed E-state index contributed by atoms with van der Waals surface area (Å²) in [4.78, 5) is 43.0. The van der Waals surface area contributed by atoms with E-state index in [0.29, 0.717) is 45.1 Å². The Hall–Kier alpha value is -3.55. The predicted molar refractivity (Wildman–Crippen MR) is 122 cm³/mol. The molecule has 2 heterocycles. The summed E-state index contributed by atoms with van der Waals surface area (Å²) in [6.45, 7) is 4.77. The summed E-state index contributed by atoms with van der Waals surface area (Å²) in [6, 6.07) is 14.9. The fourth-order valence-electron chi connectivity index (χ4n) is 4.02. The van der Waals surface area contributed by atoms with Gasteiger partial charge in [0.15, 0.2) is 0 Å². The first-order chi connectivity index (χ1) is 15.5. The molecule has 2 aliphatic rings. The molecule has 1 fully saturated rings. The maximum Gasteiger partial charge on any atom is 0.321 e. The predicted octanol–water partition coefficient (Wildman–Crippen LogP) is 2.88. The smallest absolute Gasteiger partial charge is 0.321 e. The number of urea groups is 1. The maximum absolute atomic E-state index is 12.7. The van der Waals surface area contributed by atoms with Gasteiger partial charge in [-0.2, -0.15) is 0 Å². The first kappa shape index (κ1) is 21.7. The Bertz CT molecular complexity index is 1000. The molecular weight excluding hydrogens is 408 g/mol. The zero-order valence-corrected chi connectivity index (χ0v) is 18.3. The molecule has 0 radical (unpaired) electrons. The number of hydrogen-bond acceptors (Lipinski definition) is 4. The molecule has 0 aromatic heterocycles. The van der Waals surface area contributed by atoms with Crippen LogP contribution in [0.4, 0.5) is 16.2 Å². The van der Waals surface area contributed by atoms with Gasteiger partial charge in [0.25, 0.3) is 0 Å². The van der Waals surface area contributed by atoms with Crippen LogP contribution in [-0.2, 0) is 9.59 Å². The third kappa shape index (κ3) is 5.01. The first-order valence-electron chi connectivity index (χ1n) is 10.9. The molecule has 0 atom stereocenters. The molecule has 0 bridgehead atoms. The lowest BCUT2D eigenvalue weighted by Crippen LogP contribution is -2.51. The van der Waals surface area contributed by atoms with Crippen molar-refractivity contribution in [2.75, 3.05) is 49.5 Å². The van der Waals surface area contributed by atoms with Crippen molar-refractivity contribution in [3.05, 3.63) is 54.1 Å². The number of aryl methyl sites for hydroxylation is 1. The van der Waals surface area contributed by atoms with E-state index in [1.54, 1.807) is 14.7 Å². The van der Waals surface area contributed by atoms with Crippen LogP contribution in [-0.4, -0.2) is 67.0 Å². The van der Waals surface area contributed by atoms with Gasteiger partial charge in [-0.1, -0.05) is 24.3 Å². The summed E-state index contributed by atoms with van der Waals surface area (Å²) in [7, 11) is 0. The van der Waals surface area contributed by atoms with Gasteiger partial charge >= 0.3 is 6.03 Å². The van der Waals surface area contributed by atoms with E-state index in [0.717, 1.165) is 16.9 Å². The van der Waals surface area contributed by atoms with Gasteiger partial charge in [-0.15, -0.1) is 0 Å². The van der Waals surface area contributed by atoms with Crippen molar-refractivity contribution >= 4 is 29.2 Å². The number of nitrogens with zero attached hydrogens (tertiary/aromatic N) is 3. The highest BCUT2D eigenvalue weighted by molar-refractivity contribution is 5.97. The van der Waals surface area contributed by atoms with Crippen molar-refractivity contribution in [1.82, 2.24) is 9.80 Å². The number of hydrogen-bond donors (Lipinski definition) is 1. The standard InChI is InChI=1S/C24H28N4O4/c1-18-5-4-6-19(17-18)25-24(31)27-13-11-26(12-14-27)22(29)9-10-23(30)28-15-16-32-21-8-3-2-7-20(21)28/h2-8,17H,9-16H2,1H3,(H,25,31). The van der Waals surface area contributed by atoms with E-state index in [1.807, 2.05) is 55.5 Å². The van der Waals surface area contributed by atoms with Gasteiger partial charge in [-0.3, -0.25) is 9.59 Å². The van der Waals surface area contributed by atoms with E-state index >= 15 is 0 Å². The lowest BCUT2D eigenvalue weighted by molar-refractivity contribution is -0.134. The molecule has 0 aliphatic carbocycles. The Morgan fingerprint density at radius 3 is 2.38 bits per heavy atom. The number of para-hydroxylation sites is 2. The number of rotatable bonds is 4. The number of amides is 4. The highest BCUT2D eigenvalue weighted by Gasteiger charge is 2.27. The molecule has 32 heavy (non-hydrogen) atoms. The van der Waals surface area contributed by atoms with E-state index in [4.69, 9.17) is 4.74 Å². The van der Waals surface area contributed by atoms with E-state index in [2.05, 4.69) is 5.32 Å². The largest absolute Gasteiger partial charge is 0.490 e. The topological polar surface area (TPSA) is 82.2 Å². The molecule has 1 saturated heterocycles.